The number of benzene rings is 1. The average Bonchev–Trinajstić information content (AvgIpc) is 2.83. The van der Waals surface area contributed by atoms with Gasteiger partial charge in [0, 0.05) is 12.4 Å². The zero-order valence-corrected chi connectivity index (χ0v) is 11.5. The fraction of sp³-hybridized carbons (Fsp3) is 0.200. The lowest BCUT2D eigenvalue weighted by Crippen LogP contribution is -1.98. The van der Waals surface area contributed by atoms with Crippen LogP contribution in [-0.4, -0.2) is 28.6 Å². The summed E-state index contributed by atoms with van der Waals surface area (Å²) < 4.78 is 2.07. The number of para-hydroxylation sites is 1. The normalized spacial score (nSPS) is 10.1. The molecule has 0 aliphatic heterocycles. The molecule has 0 spiro atoms. The van der Waals surface area contributed by atoms with Crippen molar-refractivity contribution in [2.45, 2.75) is 6.92 Å². The van der Waals surface area contributed by atoms with Crippen molar-refractivity contribution in [2.24, 2.45) is 0 Å². The van der Waals surface area contributed by atoms with Gasteiger partial charge in [-0.15, -0.1) is 0 Å². The number of nitrogens with zero attached hydrogens (tertiary/aromatic N) is 3. The van der Waals surface area contributed by atoms with E-state index in [1.165, 1.54) is 10.9 Å². The molecule has 3 aromatic rings. The second-order valence-corrected chi connectivity index (χ2v) is 4.21. The molecule has 3 rings (SSSR count). The molecule has 0 unspecified atom stereocenters. The maximum Gasteiger partial charge on any atom is 0.140 e. The average molecular weight is 254 g/mol. The highest BCUT2D eigenvalue weighted by Gasteiger charge is 2.03. The molecule has 0 atom stereocenters. The first-order chi connectivity index (χ1) is 9.26. The quantitative estimate of drug-likeness (QED) is 0.725. The third-order valence-electron chi connectivity index (χ3n) is 2.61. The third kappa shape index (κ3) is 2.98. The number of hydrogen-bond acceptors (Lipinski definition) is 3. The van der Waals surface area contributed by atoms with E-state index < -0.39 is 0 Å². The standard InChI is InChI=1S/C13H11N3.C2H7N/c1-10-14-8-6-13(15-10)16-9-7-11-4-2-3-5-12(11)16;1-3-2/h2-9H,1H3;3H,1-2H3. The van der Waals surface area contributed by atoms with Crippen molar-refractivity contribution < 1.29 is 0 Å². The van der Waals surface area contributed by atoms with Crippen LogP contribution >= 0.6 is 0 Å². The predicted molar refractivity (Wildman–Crippen MR) is 78.6 cm³/mol. The van der Waals surface area contributed by atoms with Crippen molar-refractivity contribution in [2.75, 3.05) is 14.1 Å². The highest BCUT2D eigenvalue weighted by molar-refractivity contribution is 5.81. The number of fused-ring (bicyclic) bond motifs is 1. The molecular weight excluding hydrogens is 236 g/mol. The summed E-state index contributed by atoms with van der Waals surface area (Å²) in [6.45, 7) is 1.90. The Balaban J connectivity index is 0.000000408. The van der Waals surface area contributed by atoms with Gasteiger partial charge in [0.05, 0.1) is 5.52 Å². The van der Waals surface area contributed by atoms with Crippen LogP contribution in [0.4, 0.5) is 0 Å². The Kier molecular flexibility index (Phi) is 4.26. The highest BCUT2D eigenvalue weighted by atomic mass is 15.1. The maximum atomic E-state index is 4.42. The molecule has 4 heteroatoms. The van der Waals surface area contributed by atoms with E-state index in [0.29, 0.717) is 0 Å². The molecule has 19 heavy (non-hydrogen) atoms. The summed E-state index contributed by atoms with van der Waals surface area (Å²) in [4.78, 5) is 8.52. The van der Waals surface area contributed by atoms with Crippen LogP contribution in [0.1, 0.15) is 5.82 Å². The van der Waals surface area contributed by atoms with Gasteiger partial charge >= 0.3 is 0 Å². The molecule has 1 N–H and O–H groups in total. The minimum absolute atomic E-state index is 0.787. The van der Waals surface area contributed by atoms with Gasteiger partial charge in [0.1, 0.15) is 11.6 Å². The van der Waals surface area contributed by atoms with Crippen LogP contribution in [0.5, 0.6) is 0 Å². The van der Waals surface area contributed by atoms with E-state index in [9.17, 15) is 0 Å². The van der Waals surface area contributed by atoms with Crippen LogP contribution in [0.2, 0.25) is 0 Å². The number of rotatable bonds is 1. The van der Waals surface area contributed by atoms with Crippen LogP contribution in [-0.2, 0) is 0 Å². The minimum atomic E-state index is 0.787. The fourth-order valence-corrected chi connectivity index (χ4v) is 1.86. The van der Waals surface area contributed by atoms with E-state index in [-0.39, 0.29) is 0 Å². The van der Waals surface area contributed by atoms with Crippen LogP contribution in [0.25, 0.3) is 16.7 Å². The highest BCUT2D eigenvalue weighted by Crippen LogP contribution is 2.18. The minimum Gasteiger partial charge on any atom is -0.323 e. The largest absolute Gasteiger partial charge is 0.323 e. The van der Waals surface area contributed by atoms with Crippen molar-refractivity contribution in [1.82, 2.24) is 19.9 Å². The Morgan fingerprint density at radius 2 is 1.79 bits per heavy atom. The van der Waals surface area contributed by atoms with Crippen molar-refractivity contribution >= 4 is 10.9 Å². The number of hydrogen-bond donors (Lipinski definition) is 1. The Labute approximate surface area is 113 Å². The van der Waals surface area contributed by atoms with Gasteiger partial charge in [0.15, 0.2) is 0 Å². The summed E-state index contributed by atoms with van der Waals surface area (Å²) in [5, 5.41) is 3.97. The van der Waals surface area contributed by atoms with Gasteiger partial charge in [-0.25, -0.2) is 9.97 Å². The van der Waals surface area contributed by atoms with Gasteiger partial charge in [-0.1, -0.05) is 18.2 Å². The van der Waals surface area contributed by atoms with Gasteiger partial charge in [0.25, 0.3) is 0 Å². The first kappa shape index (κ1) is 13.2. The maximum absolute atomic E-state index is 4.42. The molecule has 2 aromatic heterocycles. The Morgan fingerprint density at radius 3 is 2.53 bits per heavy atom. The first-order valence-electron chi connectivity index (χ1n) is 6.21. The first-order valence-corrected chi connectivity index (χ1v) is 6.21. The molecule has 0 saturated carbocycles. The van der Waals surface area contributed by atoms with Crippen molar-refractivity contribution in [3.8, 4) is 5.82 Å². The number of aryl methyl sites for hydroxylation is 1. The van der Waals surface area contributed by atoms with Crippen LogP contribution in [0, 0.1) is 6.92 Å². The second kappa shape index (κ2) is 6.11. The lowest BCUT2D eigenvalue weighted by molar-refractivity contribution is 0.964. The summed E-state index contributed by atoms with van der Waals surface area (Å²) in [7, 11) is 3.75. The van der Waals surface area contributed by atoms with Crippen LogP contribution < -0.4 is 5.32 Å². The van der Waals surface area contributed by atoms with Gasteiger partial charge in [-0.05, 0) is 44.6 Å². The van der Waals surface area contributed by atoms with E-state index >= 15 is 0 Å². The Hall–Kier alpha value is -2.20. The SMILES string of the molecule is CNC.Cc1nccc(-n2ccc3ccccc32)n1. The molecule has 0 bridgehead atoms. The van der Waals surface area contributed by atoms with E-state index in [1.54, 1.807) is 6.20 Å². The second-order valence-electron chi connectivity index (χ2n) is 4.21. The number of nitrogens with one attached hydrogen (secondary N) is 1. The lowest BCUT2D eigenvalue weighted by atomic mass is 10.2. The van der Waals surface area contributed by atoms with Gasteiger partial charge in [-0.2, -0.15) is 0 Å². The molecule has 1 aromatic carbocycles. The summed E-state index contributed by atoms with van der Waals surface area (Å²) in [6.07, 6.45) is 3.82. The fourth-order valence-electron chi connectivity index (χ4n) is 1.86. The predicted octanol–water partition coefficient (Wildman–Crippen LogP) is 2.56. The van der Waals surface area contributed by atoms with Crippen molar-refractivity contribution in [1.29, 1.82) is 0 Å². The van der Waals surface area contributed by atoms with E-state index in [0.717, 1.165) is 11.6 Å². The smallest absolute Gasteiger partial charge is 0.140 e. The zero-order valence-electron chi connectivity index (χ0n) is 11.5. The molecular formula is C15H18N4. The van der Waals surface area contributed by atoms with Gasteiger partial charge < -0.3 is 9.88 Å². The molecule has 0 radical (unpaired) electrons. The third-order valence-corrected chi connectivity index (χ3v) is 2.61. The lowest BCUT2D eigenvalue weighted by Gasteiger charge is -2.04. The molecule has 0 aliphatic carbocycles. The topological polar surface area (TPSA) is 42.7 Å². The Bertz CT molecular complexity index is 658. The molecule has 0 amide bonds. The molecule has 98 valence electrons. The summed E-state index contributed by atoms with van der Waals surface area (Å²) in [5.41, 5.74) is 1.17. The number of aromatic nitrogens is 3. The Morgan fingerprint density at radius 1 is 1.05 bits per heavy atom. The molecule has 0 aliphatic rings. The zero-order chi connectivity index (χ0) is 13.7. The molecule has 4 nitrogen and oxygen atoms in total. The molecule has 0 fully saturated rings. The monoisotopic (exact) mass is 254 g/mol. The molecule has 2 heterocycles. The van der Waals surface area contributed by atoms with Crippen molar-refractivity contribution in [3.05, 3.63) is 54.6 Å². The molecule has 0 saturated heterocycles. The van der Waals surface area contributed by atoms with Gasteiger partial charge in [0.2, 0.25) is 0 Å². The summed E-state index contributed by atoms with van der Waals surface area (Å²) in [6, 6.07) is 12.3. The van der Waals surface area contributed by atoms with E-state index in [2.05, 4.69) is 38.1 Å². The summed E-state index contributed by atoms with van der Waals surface area (Å²) in [5.74, 6) is 1.70. The van der Waals surface area contributed by atoms with E-state index in [4.69, 9.17) is 0 Å². The van der Waals surface area contributed by atoms with Crippen LogP contribution in [0.15, 0.2) is 48.8 Å². The van der Waals surface area contributed by atoms with Crippen molar-refractivity contribution in [3.63, 3.8) is 0 Å². The summed E-state index contributed by atoms with van der Waals surface area (Å²) >= 11 is 0. The van der Waals surface area contributed by atoms with E-state index in [1.807, 2.05) is 45.4 Å². The van der Waals surface area contributed by atoms with Gasteiger partial charge in [-0.3, -0.25) is 0 Å². The van der Waals surface area contributed by atoms with Crippen LogP contribution in [0.3, 0.4) is 0 Å².